The minimum atomic E-state index is -0.334. The first-order valence-electron chi connectivity index (χ1n) is 10.5. The van der Waals surface area contributed by atoms with Gasteiger partial charge < -0.3 is 14.7 Å². The summed E-state index contributed by atoms with van der Waals surface area (Å²) < 4.78 is 19.7. The number of carbonyl (C=O) groups is 1. The summed E-state index contributed by atoms with van der Waals surface area (Å²) in [6, 6.07) is 10.0. The number of hydrogen-bond acceptors (Lipinski definition) is 5. The van der Waals surface area contributed by atoms with Crippen molar-refractivity contribution in [2.75, 3.05) is 6.54 Å². The lowest BCUT2D eigenvalue weighted by Gasteiger charge is -2.26. The fourth-order valence-corrected chi connectivity index (χ4v) is 4.20. The van der Waals surface area contributed by atoms with Gasteiger partial charge >= 0.3 is 0 Å². The summed E-state index contributed by atoms with van der Waals surface area (Å²) >= 11 is 0. The molecule has 0 radical (unpaired) electrons. The molecule has 3 heterocycles. The SMILES string of the molecule is O=C(NCC1CCC(c2nnc(-c3ccncc3)o2)CC1)c1cc2c(F)cccc2[nH]1. The lowest BCUT2D eigenvalue weighted by molar-refractivity contribution is 0.0938. The van der Waals surface area contributed by atoms with Crippen molar-refractivity contribution in [3.63, 3.8) is 0 Å². The molecule has 1 amide bonds. The van der Waals surface area contributed by atoms with E-state index in [4.69, 9.17) is 4.42 Å². The zero-order valence-corrected chi connectivity index (χ0v) is 16.8. The molecule has 1 aliphatic rings. The van der Waals surface area contributed by atoms with Gasteiger partial charge in [0.2, 0.25) is 11.8 Å². The number of pyridine rings is 1. The monoisotopic (exact) mass is 419 g/mol. The molecule has 158 valence electrons. The Morgan fingerprint density at radius 1 is 1.13 bits per heavy atom. The Morgan fingerprint density at radius 3 is 2.71 bits per heavy atom. The highest BCUT2D eigenvalue weighted by molar-refractivity contribution is 5.98. The summed E-state index contributed by atoms with van der Waals surface area (Å²) in [5.74, 6) is 1.28. The average Bonchev–Trinajstić information content (AvgIpc) is 3.47. The van der Waals surface area contributed by atoms with E-state index in [1.165, 1.54) is 6.07 Å². The second-order valence-electron chi connectivity index (χ2n) is 7.99. The standard InChI is InChI=1S/C23H22FN5O2/c24-18-2-1-3-19-17(18)12-20(27-19)21(30)26-13-14-4-6-15(7-5-14)22-28-29-23(31-22)16-8-10-25-11-9-16/h1-3,8-12,14-15,27H,4-7,13H2,(H,26,30). The van der Waals surface area contributed by atoms with Crippen molar-refractivity contribution in [3.05, 3.63) is 66.2 Å². The van der Waals surface area contributed by atoms with E-state index in [-0.39, 0.29) is 17.6 Å². The van der Waals surface area contributed by atoms with Crippen molar-refractivity contribution in [1.82, 2.24) is 25.5 Å². The van der Waals surface area contributed by atoms with Crippen LogP contribution in [0.3, 0.4) is 0 Å². The molecule has 2 N–H and O–H groups in total. The third kappa shape index (κ3) is 4.05. The van der Waals surface area contributed by atoms with Gasteiger partial charge in [-0.05, 0) is 61.9 Å². The van der Waals surface area contributed by atoms with Gasteiger partial charge in [0, 0.05) is 41.3 Å². The van der Waals surface area contributed by atoms with Crippen LogP contribution in [0.25, 0.3) is 22.4 Å². The van der Waals surface area contributed by atoms with Crippen LogP contribution in [0.1, 0.15) is 48.0 Å². The van der Waals surface area contributed by atoms with E-state index in [1.54, 1.807) is 30.6 Å². The van der Waals surface area contributed by atoms with E-state index in [2.05, 4.69) is 25.5 Å². The number of amides is 1. The molecule has 0 aliphatic heterocycles. The van der Waals surface area contributed by atoms with E-state index in [0.717, 1.165) is 31.2 Å². The van der Waals surface area contributed by atoms with Crippen LogP contribution in [0.15, 0.2) is 53.2 Å². The molecule has 0 spiro atoms. The van der Waals surface area contributed by atoms with E-state index in [9.17, 15) is 9.18 Å². The molecule has 1 aliphatic carbocycles. The fraction of sp³-hybridized carbons (Fsp3) is 0.304. The third-order valence-corrected chi connectivity index (χ3v) is 5.97. The first kappa shape index (κ1) is 19.4. The molecule has 0 unspecified atom stereocenters. The second-order valence-corrected chi connectivity index (χ2v) is 7.99. The number of aromatic amines is 1. The first-order valence-corrected chi connectivity index (χ1v) is 10.5. The summed E-state index contributed by atoms with van der Waals surface area (Å²) in [4.78, 5) is 19.5. The lowest BCUT2D eigenvalue weighted by Crippen LogP contribution is -2.31. The van der Waals surface area contributed by atoms with Gasteiger partial charge in [0.15, 0.2) is 0 Å². The van der Waals surface area contributed by atoms with Gasteiger partial charge in [-0.15, -0.1) is 10.2 Å². The lowest BCUT2D eigenvalue weighted by atomic mass is 9.82. The zero-order valence-electron chi connectivity index (χ0n) is 16.8. The maximum atomic E-state index is 13.8. The highest BCUT2D eigenvalue weighted by Gasteiger charge is 2.27. The van der Waals surface area contributed by atoms with Crippen LogP contribution in [0.5, 0.6) is 0 Å². The largest absolute Gasteiger partial charge is 0.420 e. The number of rotatable bonds is 5. The molecule has 31 heavy (non-hydrogen) atoms. The minimum absolute atomic E-state index is 0.211. The number of H-pyrrole nitrogens is 1. The van der Waals surface area contributed by atoms with E-state index in [1.807, 2.05) is 12.1 Å². The smallest absolute Gasteiger partial charge is 0.267 e. The zero-order chi connectivity index (χ0) is 21.2. The molecule has 1 fully saturated rings. The van der Waals surface area contributed by atoms with Gasteiger partial charge in [0.25, 0.3) is 5.91 Å². The Labute approximate surface area is 178 Å². The van der Waals surface area contributed by atoms with Crippen molar-refractivity contribution in [3.8, 4) is 11.5 Å². The predicted molar refractivity (Wildman–Crippen MR) is 113 cm³/mol. The van der Waals surface area contributed by atoms with Gasteiger partial charge in [-0.25, -0.2) is 4.39 Å². The Morgan fingerprint density at radius 2 is 1.94 bits per heavy atom. The van der Waals surface area contributed by atoms with Crippen LogP contribution >= 0.6 is 0 Å². The number of benzene rings is 1. The predicted octanol–water partition coefficient (Wildman–Crippen LogP) is 4.46. The van der Waals surface area contributed by atoms with Gasteiger partial charge in [-0.1, -0.05) is 6.07 Å². The summed E-state index contributed by atoms with van der Waals surface area (Å²) in [5.41, 5.74) is 1.86. The van der Waals surface area contributed by atoms with E-state index in [0.29, 0.717) is 40.8 Å². The molecule has 3 aromatic heterocycles. The molecule has 5 rings (SSSR count). The minimum Gasteiger partial charge on any atom is -0.420 e. The van der Waals surface area contributed by atoms with Gasteiger partial charge in [0.05, 0.1) is 0 Å². The first-order chi connectivity index (χ1) is 15.2. The summed E-state index contributed by atoms with van der Waals surface area (Å²) in [6.45, 7) is 0.593. The van der Waals surface area contributed by atoms with Gasteiger partial charge in [0.1, 0.15) is 11.5 Å². The molecule has 0 saturated heterocycles. The molecule has 8 heteroatoms. The summed E-state index contributed by atoms with van der Waals surface area (Å²) in [6.07, 6.45) is 7.22. The van der Waals surface area contributed by atoms with Crippen molar-refractivity contribution < 1.29 is 13.6 Å². The number of halogens is 1. The van der Waals surface area contributed by atoms with Gasteiger partial charge in [-0.2, -0.15) is 0 Å². The van der Waals surface area contributed by atoms with Crippen molar-refractivity contribution in [2.24, 2.45) is 5.92 Å². The average molecular weight is 419 g/mol. The van der Waals surface area contributed by atoms with Crippen LogP contribution in [0, 0.1) is 11.7 Å². The topological polar surface area (TPSA) is 96.7 Å². The Balaban J connectivity index is 1.14. The number of nitrogens with zero attached hydrogens (tertiary/aromatic N) is 3. The molecule has 7 nitrogen and oxygen atoms in total. The Bertz CT molecular complexity index is 1200. The number of carbonyl (C=O) groups excluding carboxylic acids is 1. The van der Waals surface area contributed by atoms with Crippen LogP contribution in [0.2, 0.25) is 0 Å². The van der Waals surface area contributed by atoms with Crippen LogP contribution in [0.4, 0.5) is 4.39 Å². The summed E-state index contributed by atoms with van der Waals surface area (Å²) in [7, 11) is 0. The van der Waals surface area contributed by atoms with E-state index < -0.39 is 0 Å². The molecule has 1 saturated carbocycles. The number of hydrogen-bond donors (Lipinski definition) is 2. The van der Waals surface area contributed by atoms with Crippen molar-refractivity contribution in [2.45, 2.75) is 31.6 Å². The van der Waals surface area contributed by atoms with Gasteiger partial charge in [-0.3, -0.25) is 9.78 Å². The third-order valence-electron chi connectivity index (χ3n) is 5.97. The number of fused-ring (bicyclic) bond motifs is 1. The summed E-state index contributed by atoms with van der Waals surface area (Å²) in [5, 5.41) is 11.8. The van der Waals surface area contributed by atoms with E-state index >= 15 is 0 Å². The number of aromatic nitrogens is 4. The highest BCUT2D eigenvalue weighted by atomic mass is 19.1. The van der Waals surface area contributed by atoms with Crippen LogP contribution in [-0.2, 0) is 0 Å². The molecule has 0 bridgehead atoms. The molecule has 4 aromatic rings. The number of nitrogens with one attached hydrogen (secondary N) is 2. The van der Waals surface area contributed by atoms with Crippen LogP contribution < -0.4 is 5.32 Å². The normalized spacial score (nSPS) is 18.9. The maximum absolute atomic E-state index is 13.8. The fourth-order valence-electron chi connectivity index (χ4n) is 4.20. The quantitative estimate of drug-likeness (QED) is 0.498. The molecular weight excluding hydrogens is 397 g/mol. The Kier molecular flexibility index (Phi) is 5.19. The van der Waals surface area contributed by atoms with Crippen molar-refractivity contribution in [1.29, 1.82) is 0 Å². The van der Waals surface area contributed by atoms with Crippen LogP contribution in [-0.4, -0.2) is 32.6 Å². The molecule has 0 atom stereocenters. The Hall–Kier alpha value is -3.55. The van der Waals surface area contributed by atoms with Crippen molar-refractivity contribution >= 4 is 16.8 Å². The highest BCUT2D eigenvalue weighted by Crippen LogP contribution is 2.35. The molecule has 1 aromatic carbocycles. The maximum Gasteiger partial charge on any atom is 0.267 e. The molecular formula is C23H22FN5O2. The second kappa shape index (κ2) is 8.29.